The quantitative estimate of drug-likeness (QED) is 0.0492. The van der Waals surface area contributed by atoms with E-state index in [-0.39, 0.29) is 53.8 Å². The van der Waals surface area contributed by atoms with Crippen molar-refractivity contribution in [3.63, 3.8) is 0 Å². The number of nitrogens with zero attached hydrogens (tertiary/aromatic N) is 4. The summed E-state index contributed by atoms with van der Waals surface area (Å²) in [5.41, 5.74) is 4.23. The van der Waals surface area contributed by atoms with Crippen molar-refractivity contribution in [2.45, 2.75) is 76.8 Å². The predicted molar refractivity (Wildman–Crippen MR) is 188 cm³/mol. The van der Waals surface area contributed by atoms with Gasteiger partial charge in [0.2, 0.25) is 11.8 Å². The summed E-state index contributed by atoms with van der Waals surface area (Å²) in [4.78, 5) is 87.1. The molecule has 1 fully saturated rings. The van der Waals surface area contributed by atoms with Gasteiger partial charge >= 0.3 is 23.5 Å². The largest absolute Gasteiger partial charge is 0.481 e. The first-order valence-corrected chi connectivity index (χ1v) is 21.7. The van der Waals surface area contributed by atoms with Gasteiger partial charge in [0.1, 0.15) is 36.3 Å². The third-order valence-electron chi connectivity index (χ3n) is 7.64. The van der Waals surface area contributed by atoms with Crippen LogP contribution in [0.3, 0.4) is 0 Å². The molecule has 312 valence electrons. The Kier molecular flexibility index (Phi) is 16.9. The maximum absolute atomic E-state index is 12.7. The molecule has 1 aliphatic heterocycles. The number of aliphatic hydroxyl groups excluding tert-OH is 3. The number of carbonyl (C=O) groups excluding carboxylic acids is 3. The SMILES string of the molecule is CCC(O)CC(=O)SCCNC(=O)CCNC(=O)C(O)C(C)(C)COP(=O)(O)OP(=O)(O)OCC1OC(n2cnc3c(N)ncnc32)C(O)C1OP(=O)(O)O. The molecule has 11 N–H and O–H groups in total. The van der Waals surface area contributed by atoms with Crippen molar-refractivity contribution in [1.82, 2.24) is 30.2 Å². The standard InChI is InChI=1S/C26H44N7O18P3S/c1-4-14(34)9-17(36)55-8-7-28-16(35)5-6-29-24(39)21(38)26(2,3)11-48-54(45,46)51-53(43,44)47-10-15-20(50-52(40,41)42)19(37)25(49-15)33-13-32-18-22(27)30-12-31-23(18)33/h12-15,19-21,25,34,37-38H,4-11H2,1-3H3,(H,28,35)(H,29,39)(H,43,44)(H,45,46)(H2,27,30,31)(H2,40,41,42). The minimum absolute atomic E-state index is 0.00298. The lowest BCUT2D eigenvalue weighted by Gasteiger charge is -2.30. The van der Waals surface area contributed by atoms with Gasteiger partial charge in [0, 0.05) is 37.1 Å². The summed E-state index contributed by atoms with van der Waals surface area (Å²) < 4.78 is 62.0. The maximum Gasteiger partial charge on any atom is 0.481 e. The summed E-state index contributed by atoms with van der Waals surface area (Å²) in [5, 5.41) is 35.5. The molecule has 29 heteroatoms. The topological polar surface area (TPSA) is 384 Å². The van der Waals surface area contributed by atoms with E-state index < -0.39 is 90.7 Å². The second-order valence-electron chi connectivity index (χ2n) is 12.6. The number of carbonyl (C=O) groups is 3. The van der Waals surface area contributed by atoms with E-state index in [0.29, 0.717) is 6.42 Å². The summed E-state index contributed by atoms with van der Waals surface area (Å²) in [6.45, 7) is 2.11. The summed E-state index contributed by atoms with van der Waals surface area (Å²) >= 11 is 0.954. The Balaban J connectivity index is 1.49. The molecule has 8 unspecified atom stereocenters. The average Bonchev–Trinajstić information content (AvgIpc) is 3.64. The number of aliphatic hydroxyl groups is 3. The highest BCUT2D eigenvalue weighted by atomic mass is 32.2. The first kappa shape index (κ1) is 46.9. The van der Waals surface area contributed by atoms with E-state index in [9.17, 15) is 63.0 Å². The molecule has 55 heavy (non-hydrogen) atoms. The smallest absolute Gasteiger partial charge is 0.393 e. The molecule has 0 aliphatic carbocycles. The number of hydrogen-bond acceptors (Lipinski definition) is 19. The van der Waals surface area contributed by atoms with Crippen LogP contribution in [-0.2, 0) is 50.7 Å². The van der Waals surface area contributed by atoms with Crippen molar-refractivity contribution in [3.8, 4) is 0 Å². The van der Waals surface area contributed by atoms with E-state index >= 15 is 0 Å². The van der Waals surface area contributed by atoms with Gasteiger partial charge in [-0.15, -0.1) is 0 Å². The van der Waals surface area contributed by atoms with Gasteiger partial charge in [-0.05, 0) is 6.42 Å². The molecular formula is C26H44N7O18P3S. The van der Waals surface area contributed by atoms with Crippen LogP contribution in [0.2, 0.25) is 0 Å². The van der Waals surface area contributed by atoms with Gasteiger partial charge < -0.3 is 56.0 Å². The van der Waals surface area contributed by atoms with Gasteiger partial charge in [-0.2, -0.15) is 4.31 Å². The lowest BCUT2D eigenvalue weighted by Crippen LogP contribution is -2.46. The normalized spacial score (nSPS) is 22.4. The lowest BCUT2D eigenvalue weighted by atomic mass is 9.87. The molecule has 3 rings (SSSR count). The molecular weight excluding hydrogens is 823 g/mol. The number of anilines is 1. The van der Waals surface area contributed by atoms with Crippen LogP contribution in [0.1, 0.15) is 46.3 Å². The Bertz CT molecular complexity index is 1800. The van der Waals surface area contributed by atoms with E-state index in [1.807, 2.05) is 0 Å². The second kappa shape index (κ2) is 19.8. The molecule has 25 nitrogen and oxygen atoms in total. The number of hydrogen-bond donors (Lipinski definition) is 10. The van der Waals surface area contributed by atoms with Gasteiger partial charge in [0.25, 0.3) is 0 Å². The third-order valence-corrected chi connectivity index (χ3v) is 11.6. The first-order valence-electron chi connectivity index (χ1n) is 16.2. The van der Waals surface area contributed by atoms with Crippen molar-refractivity contribution in [3.05, 3.63) is 12.7 Å². The van der Waals surface area contributed by atoms with Crippen LogP contribution in [0.5, 0.6) is 0 Å². The van der Waals surface area contributed by atoms with Crippen molar-refractivity contribution in [2.24, 2.45) is 5.41 Å². The Labute approximate surface area is 317 Å². The van der Waals surface area contributed by atoms with E-state index in [0.717, 1.165) is 29.0 Å². The number of phosphoric ester groups is 3. The van der Waals surface area contributed by atoms with Crippen molar-refractivity contribution < 1.29 is 85.6 Å². The number of amides is 2. The highest BCUT2D eigenvalue weighted by Crippen LogP contribution is 2.61. The zero-order valence-corrected chi connectivity index (χ0v) is 33.0. The van der Waals surface area contributed by atoms with E-state index in [2.05, 4.69) is 34.4 Å². The van der Waals surface area contributed by atoms with Gasteiger partial charge in [-0.1, -0.05) is 32.5 Å². The predicted octanol–water partition coefficient (Wildman–Crippen LogP) is -1.17. The van der Waals surface area contributed by atoms with Crippen LogP contribution in [0.15, 0.2) is 12.7 Å². The van der Waals surface area contributed by atoms with E-state index in [1.165, 1.54) is 13.8 Å². The number of phosphoric acid groups is 3. The van der Waals surface area contributed by atoms with Gasteiger partial charge in [-0.3, -0.25) is 32.5 Å². The number of nitrogen functional groups attached to an aromatic ring is 1. The Hall–Kier alpha value is -2.48. The monoisotopic (exact) mass is 867 g/mol. The van der Waals surface area contributed by atoms with Crippen LogP contribution in [0.4, 0.5) is 5.82 Å². The highest BCUT2D eigenvalue weighted by molar-refractivity contribution is 8.13. The number of aromatic nitrogens is 4. The molecule has 2 amide bonds. The zero-order chi connectivity index (χ0) is 41.4. The number of nitrogens with one attached hydrogen (secondary N) is 2. The third kappa shape index (κ3) is 14.4. The molecule has 3 heterocycles. The minimum atomic E-state index is -5.57. The number of rotatable bonds is 22. The molecule has 1 aliphatic rings. The molecule has 1 saturated heterocycles. The van der Waals surface area contributed by atoms with E-state index in [1.54, 1.807) is 6.92 Å². The molecule has 0 saturated carbocycles. The van der Waals surface area contributed by atoms with Crippen LogP contribution in [-0.4, -0.2) is 134 Å². The molecule has 2 aromatic rings. The van der Waals surface area contributed by atoms with Crippen LogP contribution < -0.4 is 16.4 Å². The second-order valence-corrected chi connectivity index (χ2v) is 17.9. The zero-order valence-electron chi connectivity index (χ0n) is 29.5. The molecule has 0 spiro atoms. The number of thioether (sulfide) groups is 1. The van der Waals surface area contributed by atoms with Crippen molar-refractivity contribution in [2.75, 3.05) is 37.8 Å². The minimum Gasteiger partial charge on any atom is -0.393 e. The van der Waals surface area contributed by atoms with Crippen molar-refractivity contribution in [1.29, 1.82) is 0 Å². The molecule has 0 bridgehead atoms. The molecule has 0 aromatic carbocycles. The average molecular weight is 868 g/mol. The Morgan fingerprint density at radius 3 is 2.38 bits per heavy atom. The fourth-order valence-electron chi connectivity index (χ4n) is 4.69. The number of nitrogens with two attached hydrogens (primary N) is 1. The van der Waals surface area contributed by atoms with Gasteiger partial charge in [0.05, 0.1) is 25.6 Å². The Morgan fingerprint density at radius 1 is 1.05 bits per heavy atom. The lowest BCUT2D eigenvalue weighted by molar-refractivity contribution is -0.137. The van der Waals surface area contributed by atoms with Crippen molar-refractivity contribution >= 4 is 69.1 Å². The van der Waals surface area contributed by atoms with Crippen LogP contribution in [0, 0.1) is 5.41 Å². The van der Waals surface area contributed by atoms with Gasteiger partial charge in [-0.25, -0.2) is 28.6 Å². The summed E-state index contributed by atoms with van der Waals surface area (Å²) in [6, 6.07) is 0. The number of imidazole rings is 1. The van der Waals surface area contributed by atoms with Crippen LogP contribution >= 0.6 is 35.2 Å². The summed E-state index contributed by atoms with van der Waals surface area (Å²) in [5.74, 6) is -1.25. The fourth-order valence-corrected chi connectivity index (χ4v) is 8.26. The fraction of sp³-hybridized carbons (Fsp3) is 0.692. The molecule has 0 radical (unpaired) electrons. The highest BCUT2D eigenvalue weighted by Gasteiger charge is 2.50. The summed E-state index contributed by atoms with van der Waals surface area (Å²) in [7, 11) is -16.4. The van der Waals surface area contributed by atoms with Gasteiger partial charge in [0.15, 0.2) is 22.8 Å². The van der Waals surface area contributed by atoms with Crippen LogP contribution in [0.25, 0.3) is 11.2 Å². The summed E-state index contributed by atoms with van der Waals surface area (Å²) in [6.07, 6.45) is -7.28. The molecule has 2 aromatic heterocycles. The first-order chi connectivity index (χ1) is 25.4. The Morgan fingerprint density at radius 2 is 1.73 bits per heavy atom. The number of fused-ring (bicyclic) bond motifs is 1. The number of ether oxygens (including phenoxy) is 1. The molecule has 8 atom stereocenters. The maximum atomic E-state index is 12.7. The van der Waals surface area contributed by atoms with E-state index in [4.69, 9.17) is 19.5 Å².